The molecule has 3 heteroatoms. The molecule has 0 aromatic heterocycles. The maximum atomic E-state index is 6.18. The van der Waals surface area contributed by atoms with Crippen LogP contribution < -0.4 is 0 Å². The second-order valence-corrected chi connectivity index (χ2v) is 7.44. The van der Waals surface area contributed by atoms with Crippen molar-refractivity contribution >= 4 is 50.1 Å². The Labute approximate surface area is 141 Å². The van der Waals surface area contributed by atoms with Gasteiger partial charge in [0.1, 0.15) is 0 Å². The van der Waals surface area contributed by atoms with Crippen molar-refractivity contribution in [3.63, 3.8) is 0 Å². The molecule has 0 spiro atoms. The van der Waals surface area contributed by atoms with Gasteiger partial charge in [0, 0.05) is 8.40 Å². The highest BCUT2D eigenvalue weighted by Crippen LogP contribution is 2.31. The Balaban J connectivity index is 2.17. The summed E-state index contributed by atoms with van der Waals surface area (Å²) >= 11 is 12.2. The van der Waals surface area contributed by atoms with E-state index in [9.17, 15) is 0 Å². The van der Waals surface area contributed by atoms with E-state index < -0.39 is 0 Å². The summed E-state index contributed by atoms with van der Waals surface area (Å²) in [4.78, 5) is 0.295. The van der Waals surface area contributed by atoms with E-state index in [1.807, 2.05) is 6.07 Å². The fourth-order valence-corrected chi connectivity index (χ4v) is 3.15. The van der Waals surface area contributed by atoms with Crippen LogP contribution in [0.5, 0.6) is 0 Å². The Morgan fingerprint density at radius 3 is 2.47 bits per heavy atom. The number of alkyl halides is 1. The van der Waals surface area contributed by atoms with Crippen LogP contribution in [0.4, 0.5) is 0 Å². The maximum Gasteiger partial charge on any atom is 0.0542 e. The molecule has 0 amide bonds. The van der Waals surface area contributed by atoms with Crippen molar-refractivity contribution in [2.24, 2.45) is 0 Å². The minimum atomic E-state index is 0.295. The molecule has 0 aliphatic rings. The van der Waals surface area contributed by atoms with Gasteiger partial charge < -0.3 is 0 Å². The Hall–Kier alpha value is -0.0600. The fraction of sp³-hybridized carbons (Fsp3) is 0.250. The second-order valence-electron chi connectivity index (χ2n) is 4.76. The van der Waals surface area contributed by atoms with Gasteiger partial charge >= 0.3 is 0 Å². The van der Waals surface area contributed by atoms with Crippen molar-refractivity contribution in [1.82, 2.24) is 0 Å². The van der Waals surface area contributed by atoms with Gasteiger partial charge in [-0.3, -0.25) is 0 Å². The highest BCUT2D eigenvalue weighted by molar-refractivity contribution is 14.1. The molecule has 0 saturated carbocycles. The zero-order valence-corrected chi connectivity index (χ0v) is 15.4. The van der Waals surface area contributed by atoms with Crippen LogP contribution in [0.1, 0.15) is 27.1 Å². The maximum absolute atomic E-state index is 6.18. The number of aryl methyl sites for hydroxylation is 2. The van der Waals surface area contributed by atoms with Gasteiger partial charge in [0.05, 0.1) is 5.02 Å². The topological polar surface area (TPSA) is 0 Å². The lowest BCUT2D eigenvalue weighted by molar-refractivity contribution is 0.945. The Morgan fingerprint density at radius 1 is 1.11 bits per heavy atom. The molecule has 0 heterocycles. The lowest BCUT2D eigenvalue weighted by atomic mass is 10.0. The van der Waals surface area contributed by atoms with Crippen LogP contribution in [-0.2, 0) is 6.42 Å². The fourth-order valence-electron chi connectivity index (χ4n) is 1.96. The van der Waals surface area contributed by atoms with Gasteiger partial charge in [-0.2, -0.15) is 0 Å². The van der Waals surface area contributed by atoms with Crippen molar-refractivity contribution in [2.45, 2.75) is 25.1 Å². The zero-order valence-electron chi connectivity index (χ0n) is 10.9. The molecule has 0 aliphatic heterocycles. The molecule has 2 rings (SSSR count). The van der Waals surface area contributed by atoms with E-state index in [1.165, 1.54) is 22.3 Å². The number of rotatable bonds is 3. The summed E-state index contributed by atoms with van der Waals surface area (Å²) in [7, 11) is 0. The van der Waals surface area contributed by atoms with Crippen LogP contribution in [0.3, 0.4) is 0 Å². The third-order valence-corrected chi connectivity index (χ3v) is 5.72. The first-order chi connectivity index (χ1) is 8.97. The lowest BCUT2D eigenvalue weighted by Gasteiger charge is -2.12. The second kappa shape index (κ2) is 6.59. The van der Waals surface area contributed by atoms with Crippen LogP contribution in [0.2, 0.25) is 5.02 Å². The molecular weight excluding hydrogens is 434 g/mol. The minimum absolute atomic E-state index is 0.295. The predicted octanol–water partition coefficient (Wildman–Crippen LogP) is 6.24. The smallest absolute Gasteiger partial charge is 0.0542 e. The van der Waals surface area contributed by atoms with Crippen molar-refractivity contribution in [3.05, 3.63) is 67.2 Å². The zero-order chi connectivity index (χ0) is 14.0. The first-order valence-electron chi connectivity index (χ1n) is 6.12. The number of halogens is 3. The molecule has 0 aliphatic carbocycles. The summed E-state index contributed by atoms with van der Waals surface area (Å²) in [6, 6.07) is 12.9. The Morgan fingerprint density at radius 2 is 1.84 bits per heavy atom. The molecule has 0 radical (unpaired) electrons. The summed E-state index contributed by atoms with van der Waals surface area (Å²) in [6.45, 7) is 4.30. The van der Waals surface area contributed by atoms with Crippen LogP contribution in [-0.4, -0.2) is 0 Å². The third-order valence-electron chi connectivity index (χ3n) is 3.29. The molecule has 1 unspecified atom stereocenters. The van der Waals surface area contributed by atoms with Crippen LogP contribution in [0, 0.1) is 17.4 Å². The quantitative estimate of drug-likeness (QED) is 0.384. The SMILES string of the molecule is Cc1ccc(CC(Br)c2ccc(I)c(Cl)c2)cc1C. The molecule has 0 N–H and O–H groups in total. The largest absolute Gasteiger partial charge is 0.0835 e. The van der Waals surface area contributed by atoms with E-state index in [4.69, 9.17) is 11.6 Å². The Bertz CT molecular complexity index is 595. The summed E-state index contributed by atoms with van der Waals surface area (Å²) in [5, 5.41) is 0.822. The van der Waals surface area contributed by atoms with E-state index in [2.05, 4.69) is 82.7 Å². The summed E-state index contributed by atoms with van der Waals surface area (Å²) in [5.41, 5.74) is 5.26. The van der Waals surface area contributed by atoms with E-state index >= 15 is 0 Å². The number of benzene rings is 2. The predicted molar refractivity (Wildman–Crippen MR) is 95.5 cm³/mol. The number of hydrogen-bond donors (Lipinski definition) is 0. The summed E-state index contributed by atoms with van der Waals surface area (Å²) in [5.74, 6) is 0. The lowest BCUT2D eigenvalue weighted by Crippen LogP contribution is -1.97. The van der Waals surface area contributed by atoms with Gasteiger partial charge in [0.2, 0.25) is 0 Å². The third kappa shape index (κ3) is 3.96. The van der Waals surface area contributed by atoms with Gasteiger partial charge in [-0.05, 0) is 77.2 Å². The molecular formula is C16H15BrClI. The average Bonchev–Trinajstić information content (AvgIpc) is 2.37. The normalized spacial score (nSPS) is 12.5. The summed E-state index contributed by atoms with van der Waals surface area (Å²) < 4.78 is 1.09. The highest BCUT2D eigenvalue weighted by atomic mass is 127. The van der Waals surface area contributed by atoms with E-state index in [-0.39, 0.29) is 0 Å². The Kier molecular flexibility index (Phi) is 5.32. The molecule has 0 saturated heterocycles. The standard InChI is InChI=1S/C16H15BrClI/c1-10-3-4-12(7-11(10)2)8-14(17)13-5-6-16(19)15(18)9-13/h3-7,9,14H,8H2,1-2H3. The van der Waals surface area contributed by atoms with Crippen molar-refractivity contribution in [1.29, 1.82) is 0 Å². The molecule has 19 heavy (non-hydrogen) atoms. The van der Waals surface area contributed by atoms with Gasteiger partial charge in [-0.1, -0.05) is 51.8 Å². The first-order valence-corrected chi connectivity index (χ1v) is 8.50. The van der Waals surface area contributed by atoms with E-state index in [1.54, 1.807) is 0 Å². The van der Waals surface area contributed by atoms with Gasteiger partial charge in [0.15, 0.2) is 0 Å². The van der Waals surface area contributed by atoms with Crippen molar-refractivity contribution < 1.29 is 0 Å². The monoisotopic (exact) mass is 448 g/mol. The van der Waals surface area contributed by atoms with Crippen molar-refractivity contribution in [3.8, 4) is 0 Å². The minimum Gasteiger partial charge on any atom is -0.0835 e. The van der Waals surface area contributed by atoms with Crippen LogP contribution in [0.25, 0.3) is 0 Å². The van der Waals surface area contributed by atoms with E-state index in [0.29, 0.717) is 4.83 Å². The van der Waals surface area contributed by atoms with Crippen LogP contribution >= 0.6 is 50.1 Å². The molecule has 1 atom stereocenters. The van der Waals surface area contributed by atoms with E-state index in [0.717, 1.165) is 15.0 Å². The molecule has 0 nitrogen and oxygen atoms in total. The molecule has 2 aromatic carbocycles. The van der Waals surface area contributed by atoms with Crippen LogP contribution in [0.15, 0.2) is 36.4 Å². The molecule has 0 bridgehead atoms. The van der Waals surface area contributed by atoms with Gasteiger partial charge in [-0.25, -0.2) is 0 Å². The molecule has 100 valence electrons. The van der Waals surface area contributed by atoms with Gasteiger partial charge in [-0.15, -0.1) is 0 Å². The van der Waals surface area contributed by atoms with Gasteiger partial charge in [0.25, 0.3) is 0 Å². The van der Waals surface area contributed by atoms with Crippen molar-refractivity contribution in [2.75, 3.05) is 0 Å². The molecule has 2 aromatic rings. The first kappa shape index (κ1) is 15.3. The molecule has 0 fully saturated rings. The summed E-state index contributed by atoms with van der Waals surface area (Å²) in [6.07, 6.45) is 0.970. The highest BCUT2D eigenvalue weighted by Gasteiger charge is 2.10. The average molecular weight is 450 g/mol. The number of hydrogen-bond acceptors (Lipinski definition) is 0.